The first-order valence-corrected chi connectivity index (χ1v) is 8.09. The highest BCUT2D eigenvalue weighted by Crippen LogP contribution is 2.22. The first-order chi connectivity index (χ1) is 9.89. The van der Waals surface area contributed by atoms with Gasteiger partial charge in [-0.25, -0.2) is 4.98 Å². The molecule has 1 saturated heterocycles. The number of piperidine rings is 1. The van der Waals surface area contributed by atoms with Crippen LogP contribution in [0.15, 0.2) is 18.2 Å². The van der Waals surface area contributed by atoms with E-state index in [9.17, 15) is 0 Å². The van der Waals surface area contributed by atoms with Gasteiger partial charge in [0.25, 0.3) is 0 Å². The molecular weight excluding hydrogens is 260 g/mol. The standard InChI is InChI=1S/C17H30N4/c1-6-21-12-10-14(11-13-21)20(5)16-9-7-8-15(18-16)19-17(2,3)4/h7-9,14H,6,10-13H2,1-5H3,(H,18,19). The van der Waals surface area contributed by atoms with Gasteiger partial charge in [0.2, 0.25) is 0 Å². The number of nitrogens with one attached hydrogen (secondary N) is 1. The van der Waals surface area contributed by atoms with Crippen LogP contribution >= 0.6 is 0 Å². The molecule has 118 valence electrons. The molecule has 4 nitrogen and oxygen atoms in total. The lowest BCUT2D eigenvalue weighted by Gasteiger charge is -2.37. The molecule has 0 spiro atoms. The lowest BCUT2D eigenvalue weighted by Crippen LogP contribution is -2.43. The summed E-state index contributed by atoms with van der Waals surface area (Å²) in [6.07, 6.45) is 2.45. The van der Waals surface area contributed by atoms with E-state index in [0.29, 0.717) is 6.04 Å². The summed E-state index contributed by atoms with van der Waals surface area (Å²) < 4.78 is 0. The lowest BCUT2D eigenvalue weighted by molar-refractivity contribution is 0.220. The van der Waals surface area contributed by atoms with Crippen LogP contribution in [0, 0.1) is 0 Å². The van der Waals surface area contributed by atoms with Crippen molar-refractivity contribution in [2.45, 2.75) is 52.1 Å². The van der Waals surface area contributed by atoms with Crippen LogP contribution in [-0.4, -0.2) is 48.1 Å². The largest absolute Gasteiger partial charge is 0.365 e. The van der Waals surface area contributed by atoms with Crippen molar-refractivity contribution in [3.05, 3.63) is 18.2 Å². The molecule has 0 unspecified atom stereocenters. The summed E-state index contributed by atoms with van der Waals surface area (Å²) in [7, 11) is 2.18. The number of likely N-dealkylation sites (tertiary alicyclic amines) is 1. The molecule has 0 amide bonds. The number of nitrogens with zero attached hydrogens (tertiary/aromatic N) is 3. The summed E-state index contributed by atoms with van der Waals surface area (Å²) in [6, 6.07) is 6.85. The molecule has 2 heterocycles. The Bertz CT molecular complexity index is 444. The molecule has 0 bridgehead atoms. The molecular formula is C17H30N4. The Morgan fingerprint density at radius 2 is 1.95 bits per heavy atom. The van der Waals surface area contributed by atoms with Gasteiger partial charge in [0, 0.05) is 31.7 Å². The SMILES string of the molecule is CCN1CCC(N(C)c2cccc(NC(C)(C)C)n2)CC1. The molecule has 2 rings (SSSR count). The van der Waals surface area contributed by atoms with E-state index in [-0.39, 0.29) is 5.54 Å². The number of pyridine rings is 1. The molecule has 0 saturated carbocycles. The van der Waals surface area contributed by atoms with E-state index < -0.39 is 0 Å². The third-order valence-corrected chi connectivity index (χ3v) is 4.15. The minimum Gasteiger partial charge on any atom is -0.365 e. The molecule has 0 radical (unpaired) electrons. The Morgan fingerprint density at radius 3 is 2.52 bits per heavy atom. The lowest BCUT2D eigenvalue weighted by atomic mass is 10.0. The third-order valence-electron chi connectivity index (χ3n) is 4.15. The summed E-state index contributed by atoms with van der Waals surface area (Å²) in [4.78, 5) is 9.64. The Morgan fingerprint density at radius 1 is 1.29 bits per heavy atom. The van der Waals surface area contributed by atoms with Gasteiger partial charge in [-0.1, -0.05) is 13.0 Å². The number of hydrogen-bond acceptors (Lipinski definition) is 4. The minimum absolute atomic E-state index is 0.0384. The average molecular weight is 290 g/mol. The van der Waals surface area contributed by atoms with Crippen molar-refractivity contribution in [3.8, 4) is 0 Å². The fourth-order valence-electron chi connectivity index (χ4n) is 2.88. The highest BCUT2D eigenvalue weighted by atomic mass is 15.2. The maximum Gasteiger partial charge on any atom is 0.130 e. The molecule has 1 aromatic heterocycles. The third kappa shape index (κ3) is 4.60. The molecule has 1 fully saturated rings. The molecule has 1 N–H and O–H groups in total. The predicted octanol–water partition coefficient (Wildman–Crippen LogP) is 3.21. The van der Waals surface area contributed by atoms with Crippen LogP contribution in [0.25, 0.3) is 0 Å². The van der Waals surface area contributed by atoms with Gasteiger partial charge >= 0.3 is 0 Å². The van der Waals surface area contributed by atoms with Crippen molar-refractivity contribution in [1.29, 1.82) is 0 Å². The van der Waals surface area contributed by atoms with E-state index >= 15 is 0 Å². The first kappa shape index (κ1) is 16.1. The molecule has 1 aliphatic rings. The molecule has 0 aromatic carbocycles. The van der Waals surface area contributed by atoms with E-state index in [0.717, 1.165) is 11.6 Å². The van der Waals surface area contributed by atoms with Crippen LogP contribution in [0.2, 0.25) is 0 Å². The minimum atomic E-state index is 0.0384. The van der Waals surface area contributed by atoms with Gasteiger partial charge in [0.1, 0.15) is 11.6 Å². The van der Waals surface area contributed by atoms with Gasteiger partial charge < -0.3 is 15.1 Å². The smallest absolute Gasteiger partial charge is 0.130 e. The monoisotopic (exact) mass is 290 g/mol. The molecule has 21 heavy (non-hydrogen) atoms. The second kappa shape index (κ2) is 6.65. The van der Waals surface area contributed by atoms with Crippen molar-refractivity contribution in [2.24, 2.45) is 0 Å². The van der Waals surface area contributed by atoms with Crippen LogP contribution in [0.4, 0.5) is 11.6 Å². The van der Waals surface area contributed by atoms with Crippen LogP contribution in [0.1, 0.15) is 40.5 Å². The maximum atomic E-state index is 4.77. The fraction of sp³-hybridized carbons (Fsp3) is 0.706. The predicted molar refractivity (Wildman–Crippen MR) is 91.2 cm³/mol. The number of aromatic nitrogens is 1. The molecule has 0 atom stereocenters. The van der Waals surface area contributed by atoms with Crippen molar-refractivity contribution >= 4 is 11.6 Å². The summed E-state index contributed by atoms with van der Waals surface area (Å²) in [5, 5.41) is 3.45. The van der Waals surface area contributed by atoms with Gasteiger partial charge in [-0.3, -0.25) is 0 Å². The van der Waals surface area contributed by atoms with Crippen molar-refractivity contribution < 1.29 is 0 Å². The van der Waals surface area contributed by atoms with Crippen molar-refractivity contribution in [1.82, 2.24) is 9.88 Å². The van der Waals surface area contributed by atoms with E-state index in [4.69, 9.17) is 4.98 Å². The Kier molecular flexibility index (Phi) is 5.09. The van der Waals surface area contributed by atoms with E-state index in [2.05, 4.69) is 62.0 Å². The molecule has 4 heteroatoms. The molecule has 1 aromatic rings. The van der Waals surface area contributed by atoms with Crippen LogP contribution in [0.3, 0.4) is 0 Å². The van der Waals surface area contributed by atoms with Crippen LogP contribution in [0.5, 0.6) is 0 Å². The van der Waals surface area contributed by atoms with E-state index in [1.165, 1.54) is 32.5 Å². The fourth-order valence-corrected chi connectivity index (χ4v) is 2.88. The number of anilines is 2. The normalized spacial score (nSPS) is 17.8. The van der Waals surface area contributed by atoms with Crippen LogP contribution in [-0.2, 0) is 0 Å². The highest BCUT2D eigenvalue weighted by molar-refractivity contribution is 5.48. The Hall–Kier alpha value is -1.29. The Labute approximate surface area is 129 Å². The van der Waals surface area contributed by atoms with E-state index in [1.54, 1.807) is 0 Å². The molecule has 0 aliphatic carbocycles. The van der Waals surface area contributed by atoms with Gasteiger partial charge in [-0.05, 0) is 52.3 Å². The zero-order valence-corrected chi connectivity index (χ0v) is 14.2. The highest BCUT2D eigenvalue weighted by Gasteiger charge is 2.22. The average Bonchev–Trinajstić information content (AvgIpc) is 2.45. The number of rotatable bonds is 4. The topological polar surface area (TPSA) is 31.4 Å². The van der Waals surface area contributed by atoms with Crippen LogP contribution < -0.4 is 10.2 Å². The van der Waals surface area contributed by atoms with Gasteiger partial charge in [0.15, 0.2) is 0 Å². The van der Waals surface area contributed by atoms with Crippen molar-refractivity contribution in [2.75, 3.05) is 36.9 Å². The summed E-state index contributed by atoms with van der Waals surface area (Å²) in [5.74, 6) is 2.03. The summed E-state index contributed by atoms with van der Waals surface area (Å²) in [5.41, 5.74) is 0.0384. The second-order valence-electron chi connectivity index (χ2n) is 7.03. The first-order valence-electron chi connectivity index (χ1n) is 8.09. The van der Waals surface area contributed by atoms with Gasteiger partial charge in [0.05, 0.1) is 0 Å². The van der Waals surface area contributed by atoms with E-state index in [1.807, 2.05) is 6.07 Å². The second-order valence-corrected chi connectivity index (χ2v) is 7.03. The van der Waals surface area contributed by atoms with Gasteiger partial charge in [-0.2, -0.15) is 0 Å². The van der Waals surface area contributed by atoms with Crippen molar-refractivity contribution in [3.63, 3.8) is 0 Å². The maximum absolute atomic E-state index is 4.77. The summed E-state index contributed by atoms with van der Waals surface area (Å²) >= 11 is 0. The summed E-state index contributed by atoms with van der Waals surface area (Å²) in [6.45, 7) is 12.3. The Balaban J connectivity index is 2.02. The number of hydrogen-bond donors (Lipinski definition) is 1. The molecule has 1 aliphatic heterocycles. The zero-order valence-electron chi connectivity index (χ0n) is 14.2. The quantitative estimate of drug-likeness (QED) is 0.922. The van der Waals surface area contributed by atoms with Gasteiger partial charge in [-0.15, -0.1) is 0 Å². The zero-order chi connectivity index (χ0) is 15.5.